The number of carbonyl (C=O) groups excluding carboxylic acids is 1. The molecule has 20 heavy (non-hydrogen) atoms. The largest absolute Gasteiger partial charge is 0.399 e. The Morgan fingerprint density at radius 1 is 1.30 bits per heavy atom. The van der Waals surface area contributed by atoms with Gasteiger partial charge in [-0.3, -0.25) is 9.69 Å². The molecule has 0 saturated carbocycles. The molecule has 1 fully saturated rings. The second kappa shape index (κ2) is 6.75. The summed E-state index contributed by atoms with van der Waals surface area (Å²) in [6, 6.07) is 7.43. The van der Waals surface area contributed by atoms with Gasteiger partial charge in [-0.2, -0.15) is 0 Å². The number of nitrogen functional groups attached to an aromatic ring is 1. The van der Waals surface area contributed by atoms with Gasteiger partial charge in [0.05, 0.1) is 6.54 Å². The molecule has 1 aliphatic heterocycles. The van der Waals surface area contributed by atoms with Crippen molar-refractivity contribution in [2.75, 3.05) is 37.3 Å². The number of hydrogen-bond acceptors (Lipinski definition) is 3. The van der Waals surface area contributed by atoms with E-state index in [2.05, 4.69) is 11.8 Å². The zero-order valence-corrected chi connectivity index (χ0v) is 12.5. The number of nitrogens with two attached hydrogens (primary N) is 1. The fourth-order valence-corrected chi connectivity index (χ4v) is 2.62. The summed E-state index contributed by atoms with van der Waals surface area (Å²) in [5.41, 5.74) is 7.29. The van der Waals surface area contributed by atoms with Crippen LogP contribution in [-0.4, -0.2) is 37.5 Å². The number of carbonyl (C=O) groups is 1. The number of amides is 1. The van der Waals surface area contributed by atoms with Crippen molar-refractivity contribution in [2.45, 2.75) is 26.2 Å². The number of anilines is 2. The molecular weight excluding hydrogens is 250 g/mol. The molecule has 0 aliphatic carbocycles. The van der Waals surface area contributed by atoms with Crippen LogP contribution in [0.2, 0.25) is 0 Å². The third-order valence-corrected chi connectivity index (χ3v) is 4.12. The zero-order valence-electron chi connectivity index (χ0n) is 12.5. The van der Waals surface area contributed by atoms with Gasteiger partial charge in [-0.1, -0.05) is 6.92 Å². The second-order valence-corrected chi connectivity index (χ2v) is 5.86. The quantitative estimate of drug-likeness (QED) is 0.862. The molecule has 4 heteroatoms. The lowest BCUT2D eigenvalue weighted by Crippen LogP contribution is -2.39. The van der Waals surface area contributed by atoms with Crippen LogP contribution in [0.5, 0.6) is 0 Å². The normalized spacial score (nSPS) is 20.4. The Hall–Kier alpha value is -1.55. The van der Waals surface area contributed by atoms with Crippen molar-refractivity contribution < 1.29 is 4.79 Å². The third kappa shape index (κ3) is 3.97. The van der Waals surface area contributed by atoms with E-state index in [1.807, 2.05) is 31.3 Å². The van der Waals surface area contributed by atoms with Crippen molar-refractivity contribution in [3.63, 3.8) is 0 Å². The zero-order chi connectivity index (χ0) is 14.5. The predicted molar refractivity (Wildman–Crippen MR) is 83.7 cm³/mol. The Labute approximate surface area is 121 Å². The fourth-order valence-electron chi connectivity index (χ4n) is 2.62. The molecule has 1 saturated heterocycles. The smallest absolute Gasteiger partial charge is 0.240 e. The Bertz CT molecular complexity index is 444. The summed E-state index contributed by atoms with van der Waals surface area (Å²) in [4.78, 5) is 16.3. The highest BCUT2D eigenvalue weighted by atomic mass is 16.2. The van der Waals surface area contributed by atoms with Crippen molar-refractivity contribution in [1.29, 1.82) is 0 Å². The fraction of sp³-hybridized carbons (Fsp3) is 0.562. The summed E-state index contributed by atoms with van der Waals surface area (Å²) < 4.78 is 0. The number of benzene rings is 1. The summed E-state index contributed by atoms with van der Waals surface area (Å²) in [5.74, 6) is 0.925. The summed E-state index contributed by atoms with van der Waals surface area (Å²) in [6.07, 6.45) is 3.66. The average Bonchev–Trinajstić information content (AvgIpc) is 2.64. The molecule has 1 amide bonds. The molecule has 0 aromatic heterocycles. The van der Waals surface area contributed by atoms with Gasteiger partial charge in [0.25, 0.3) is 0 Å². The minimum atomic E-state index is 0.143. The molecule has 110 valence electrons. The van der Waals surface area contributed by atoms with Crippen LogP contribution in [-0.2, 0) is 4.79 Å². The Morgan fingerprint density at radius 3 is 2.70 bits per heavy atom. The highest BCUT2D eigenvalue weighted by Gasteiger charge is 2.18. The van der Waals surface area contributed by atoms with Gasteiger partial charge in [0.2, 0.25) is 5.91 Å². The Balaban J connectivity index is 1.92. The molecule has 0 radical (unpaired) electrons. The van der Waals surface area contributed by atoms with Crippen LogP contribution in [0.4, 0.5) is 11.4 Å². The molecule has 4 nitrogen and oxygen atoms in total. The molecule has 1 aromatic carbocycles. The van der Waals surface area contributed by atoms with Crippen molar-refractivity contribution in [3.05, 3.63) is 24.3 Å². The van der Waals surface area contributed by atoms with E-state index < -0.39 is 0 Å². The van der Waals surface area contributed by atoms with Crippen molar-refractivity contribution in [3.8, 4) is 0 Å². The number of hydrogen-bond donors (Lipinski definition) is 1. The lowest BCUT2D eigenvalue weighted by atomic mass is 10.0. The highest BCUT2D eigenvalue weighted by molar-refractivity contribution is 5.94. The first-order valence-corrected chi connectivity index (χ1v) is 7.40. The van der Waals surface area contributed by atoms with E-state index in [4.69, 9.17) is 5.73 Å². The molecule has 1 aliphatic rings. The van der Waals surface area contributed by atoms with Gasteiger partial charge >= 0.3 is 0 Å². The molecule has 0 spiro atoms. The van der Waals surface area contributed by atoms with E-state index in [-0.39, 0.29) is 5.91 Å². The average molecular weight is 275 g/mol. The van der Waals surface area contributed by atoms with Crippen LogP contribution in [0.25, 0.3) is 0 Å². The first kappa shape index (κ1) is 14.9. The van der Waals surface area contributed by atoms with Crippen LogP contribution in [0, 0.1) is 5.92 Å². The number of rotatable bonds is 3. The summed E-state index contributed by atoms with van der Waals surface area (Å²) in [7, 11) is 1.83. The van der Waals surface area contributed by atoms with Crippen LogP contribution < -0.4 is 10.6 Å². The highest BCUT2D eigenvalue weighted by Crippen LogP contribution is 2.18. The van der Waals surface area contributed by atoms with Gasteiger partial charge in [0.1, 0.15) is 0 Å². The number of nitrogens with zero attached hydrogens (tertiary/aromatic N) is 2. The van der Waals surface area contributed by atoms with Gasteiger partial charge < -0.3 is 10.6 Å². The Kier molecular flexibility index (Phi) is 5.01. The summed E-state index contributed by atoms with van der Waals surface area (Å²) >= 11 is 0. The molecular formula is C16H25N3O. The topological polar surface area (TPSA) is 49.6 Å². The predicted octanol–water partition coefficient (Wildman–Crippen LogP) is 2.35. The van der Waals surface area contributed by atoms with E-state index in [9.17, 15) is 4.79 Å². The minimum Gasteiger partial charge on any atom is -0.399 e. The summed E-state index contributed by atoms with van der Waals surface area (Å²) in [5, 5.41) is 0. The van der Waals surface area contributed by atoms with Crippen molar-refractivity contribution in [1.82, 2.24) is 4.90 Å². The van der Waals surface area contributed by atoms with Crippen LogP contribution in [0.1, 0.15) is 26.2 Å². The third-order valence-electron chi connectivity index (χ3n) is 4.12. The molecule has 1 atom stereocenters. The molecule has 2 N–H and O–H groups in total. The maximum Gasteiger partial charge on any atom is 0.240 e. The molecule has 1 unspecified atom stereocenters. The van der Waals surface area contributed by atoms with Crippen LogP contribution in [0.15, 0.2) is 24.3 Å². The van der Waals surface area contributed by atoms with Crippen molar-refractivity contribution in [2.24, 2.45) is 5.92 Å². The summed E-state index contributed by atoms with van der Waals surface area (Å²) in [6.45, 7) is 4.87. The molecule has 1 aromatic rings. The van der Waals surface area contributed by atoms with Gasteiger partial charge in [-0.25, -0.2) is 0 Å². The van der Waals surface area contributed by atoms with Crippen LogP contribution in [0.3, 0.4) is 0 Å². The molecule has 1 heterocycles. The van der Waals surface area contributed by atoms with E-state index in [0.717, 1.165) is 30.4 Å². The first-order chi connectivity index (χ1) is 9.56. The van der Waals surface area contributed by atoms with Gasteiger partial charge in [-0.15, -0.1) is 0 Å². The van der Waals surface area contributed by atoms with E-state index in [0.29, 0.717) is 6.54 Å². The number of likely N-dealkylation sites (tertiary alicyclic amines) is 1. The SMILES string of the molecule is CC1CCCN(CC(=O)N(C)c2ccc(N)cc2)CC1. The second-order valence-electron chi connectivity index (χ2n) is 5.86. The Morgan fingerprint density at radius 2 is 2.00 bits per heavy atom. The molecule has 0 bridgehead atoms. The lowest BCUT2D eigenvalue weighted by Gasteiger charge is -2.24. The minimum absolute atomic E-state index is 0.143. The van der Waals surface area contributed by atoms with E-state index >= 15 is 0 Å². The monoisotopic (exact) mass is 275 g/mol. The van der Waals surface area contributed by atoms with Gasteiger partial charge in [0, 0.05) is 18.4 Å². The first-order valence-electron chi connectivity index (χ1n) is 7.40. The molecule has 2 rings (SSSR count). The number of likely N-dealkylation sites (N-methyl/N-ethyl adjacent to an activating group) is 1. The van der Waals surface area contributed by atoms with Gasteiger partial charge in [-0.05, 0) is 62.5 Å². The maximum absolute atomic E-state index is 12.3. The van der Waals surface area contributed by atoms with Gasteiger partial charge in [0.15, 0.2) is 0 Å². The van der Waals surface area contributed by atoms with E-state index in [1.54, 1.807) is 4.90 Å². The van der Waals surface area contributed by atoms with Crippen LogP contribution >= 0.6 is 0 Å². The maximum atomic E-state index is 12.3. The van der Waals surface area contributed by atoms with E-state index in [1.165, 1.54) is 19.3 Å². The lowest BCUT2D eigenvalue weighted by molar-refractivity contribution is -0.119. The standard InChI is InChI=1S/C16H25N3O/c1-13-4-3-10-19(11-9-13)12-16(20)18(2)15-7-5-14(17)6-8-15/h5-8,13H,3-4,9-12,17H2,1-2H3. The van der Waals surface area contributed by atoms with Crippen molar-refractivity contribution >= 4 is 17.3 Å².